The number of carbonyl (C=O) groups excluding carboxylic acids is 4. The molecule has 0 bridgehead atoms. The highest BCUT2D eigenvalue weighted by molar-refractivity contribution is 7.12. The number of amides is 5. The zero-order valence-electron chi connectivity index (χ0n) is 18.2. The Morgan fingerprint density at radius 3 is 2.60 bits per heavy atom. The highest BCUT2D eigenvalue weighted by Gasteiger charge is 2.25. The van der Waals surface area contributed by atoms with Crippen LogP contribution in [-0.2, 0) is 14.3 Å². The molecule has 1 aliphatic heterocycles. The molecule has 0 saturated carbocycles. The van der Waals surface area contributed by atoms with E-state index in [4.69, 9.17) is 4.74 Å². The number of nitrogens with zero attached hydrogens (tertiary/aromatic N) is 1. The molecule has 0 spiro atoms. The monoisotopic (exact) mass is 513 g/mol. The van der Waals surface area contributed by atoms with Gasteiger partial charge in [0, 0.05) is 18.8 Å². The molecule has 1 aliphatic rings. The van der Waals surface area contributed by atoms with Crippen LogP contribution in [-0.4, -0.2) is 69.1 Å². The van der Waals surface area contributed by atoms with Crippen molar-refractivity contribution in [2.24, 2.45) is 0 Å². The second-order valence-corrected chi connectivity index (χ2v) is 8.19. The number of alkyl halides is 2. The van der Waals surface area contributed by atoms with Gasteiger partial charge in [-0.1, -0.05) is 6.07 Å². The van der Waals surface area contributed by atoms with Crippen molar-refractivity contribution in [3.63, 3.8) is 0 Å². The van der Waals surface area contributed by atoms with Gasteiger partial charge in [0.05, 0.1) is 23.7 Å². The molecule has 4 N–H and O–H groups in total. The zero-order chi connectivity index (χ0) is 25.4. The molecule has 1 aromatic carbocycles. The largest absolute Gasteiger partial charge is 0.370 e. The summed E-state index contributed by atoms with van der Waals surface area (Å²) >= 11 is 1.16. The summed E-state index contributed by atoms with van der Waals surface area (Å²) in [7, 11) is 0. The Morgan fingerprint density at radius 2 is 1.94 bits per heavy atom. The molecule has 2 aromatic rings. The van der Waals surface area contributed by atoms with Crippen LogP contribution in [0.1, 0.15) is 9.67 Å². The molecule has 1 fully saturated rings. The number of urea groups is 1. The summed E-state index contributed by atoms with van der Waals surface area (Å²) in [6, 6.07) is 4.45. The van der Waals surface area contributed by atoms with Crippen molar-refractivity contribution in [3.05, 3.63) is 46.4 Å². The summed E-state index contributed by atoms with van der Waals surface area (Å²) in [6.45, 7) is -1.05. The fourth-order valence-corrected chi connectivity index (χ4v) is 3.72. The lowest BCUT2D eigenvalue weighted by molar-refractivity contribution is -0.125. The van der Waals surface area contributed by atoms with Crippen molar-refractivity contribution in [1.29, 1.82) is 0 Å². The molecule has 5 amide bonds. The van der Waals surface area contributed by atoms with Crippen LogP contribution in [0.25, 0.3) is 0 Å². The highest BCUT2D eigenvalue weighted by atomic mass is 32.1. The summed E-state index contributed by atoms with van der Waals surface area (Å²) in [5, 5.41) is 10.7. The van der Waals surface area contributed by atoms with Crippen molar-refractivity contribution < 1.29 is 37.1 Å². The van der Waals surface area contributed by atoms with Crippen LogP contribution >= 0.6 is 11.3 Å². The van der Waals surface area contributed by atoms with E-state index in [1.165, 1.54) is 17.0 Å². The van der Waals surface area contributed by atoms with Crippen LogP contribution in [0, 0.1) is 5.82 Å². The molecule has 14 heteroatoms. The lowest BCUT2D eigenvalue weighted by Crippen LogP contribution is -2.53. The molecular weight excluding hydrogens is 491 g/mol. The number of rotatable bonds is 9. The van der Waals surface area contributed by atoms with E-state index < -0.39 is 48.6 Å². The van der Waals surface area contributed by atoms with Crippen LogP contribution in [0.5, 0.6) is 0 Å². The molecule has 188 valence electrons. The van der Waals surface area contributed by atoms with E-state index in [0.29, 0.717) is 4.88 Å². The maximum Gasteiger partial charge on any atom is 0.315 e. The average Bonchev–Trinajstić information content (AvgIpc) is 3.36. The van der Waals surface area contributed by atoms with Gasteiger partial charge in [-0.15, -0.1) is 11.3 Å². The zero-order valence-corrected chi connectivity index (χ0v) is 19.0. The van der Waals surface area contributed by atoms with Gasteiger partial charge in [0.25, 0.3) is 18.2 Å². The third kappa shape index (κ3) is 7.42. The van der Waals surface area contributed by atoms with Crippen molar-refractivity contribution >= 4 is 46.5 Å². The first-order valence-electron chi connectivity index (χ1n) is 10.4. The fraction of sp³-hybridized carbons (Fsp3) is 0.333. The summed E-state index contributed by atoms with van der Waals surface area (Å²) in [5.41, 5.74) is 0.0295. The van der Waals surface area contributed by atoms with Crippen molar-refractivity contribution in [1.82, 2.24) is 16.0 Å². The van der Waals surface area contributed by atoms with Crippen LogP contribution in [0.4, 0.5) is 29.3 Å². The number of nitrogens with one attached hydrogen (secondary N) is 4. The van der Waals surface area contributed by atoms with Crippen LogP contribution in [0.3, 0.4) is 0 Å². The summed E-state index contributed by atoms with van der Waals surface area (Å²) < 4.78 is 44.4. The van der Waals surface area contributed by atoms with Crippen molar-refractivity contribution in [2.75, 3.05) is 43.1 Å². The van der Waals surface area contributed by atoms with Gasteiger partial charge in [-0.3, -0.25) is 14.4 Å². The Labute approximate surface area is 201 Å². The minimum absolute atomic E-state index is 0.0144. The Hall–Kier alpha value is -3.65. The van der Waals surface area contributed by atoms with E-state index in [2.05, 4.69) is 16.0 Å². The molecule has 10 nitrogen and oxygen atoms in total. The maximum atomic E-state index is 14.7. The first kappa shape index (κ1) is 26.0. The summed E-state index contributed by atoms with van der Waals surface area (Å²) in [5.74, 6) is -2.52. The predicted octanol–water partition coefficient (Wildman–Crippen LogP) is 1.55. The number of halogens is 3. The van der Waals surface area contributed by atoms with Gasteiger partial charge in [0.2, 0.25) is 5.91 Å². The molecule has 0 unspecified atom stereocenters. The second-order valence-electron chi connectivity index (χ2n) is 7.24. The van der Waals surface area contributed by atoms with Gasteiger partial charge in [-0.2, -0.15) is 0 Å². The van der Waals surface area contributed by atoms with Gasteiger partial charge in [0.15, 0.2) is 0 Å². The maximum absolute atomic E-state index is 14.7. The van der Waals surface area contributed by atoms with E-state index in [-0.39, 0.29) is 37.7 Å². The number of hydrogen-bond acceptors (Lipinski definition) is 6. The molecule has 1 aromatic heterocycles. The SMILES string of the molecule is O=C(NCC(F)F)N[C@@H](CNC(=O)c1cccs1)C(=O)Nc1ccc(N2CCOCC2=O)c(F)c1. The normalized spacial score (nSPS) is 14.4. The van der Waals surface area contributed by atoms with E-state index in [1.54, 1.807) is 17.5 Å². The lowest BCUT2D eigenvalue weighted by Gasteiger charge is -2.27. The quantitative estimate of drug-likeness (QED) is 0.405. The number of anilines is 2. The van der Waals surface area contributed by atoms with Gasteiger partial charge < -0.3 is 30.9 Å². The van der Waals surface area contributed by atoms with Gasteiger partial charge in [-0.05, 0) is 29.6 Å². The van der Waals surface area contributed by atoms with Crippen LogP contribution in [0.2, 0.25) is 0 Å². The van der Waals surface area contributed by atoms with Crippen molar-refractivity contribution in [2.45, 2.75) is 12.5 Å². The summed E-state index contributed by atoms with van der Waals surface area (Å²) in [6.07, 6.45) is -2.80. The molecule has 0 radical (unpaired) electrons. The first-order valence-corrected chi connectivity index (χ1v) is 11.3. The van der Waals surface area contributed by atoms with E-state index in [9.17, 15) is 32.3 Å². The van der Waals surface area contributed by atoms with Gasteiger partial charge in [-0.25, -0.2) is 18.0 Å². The molecular formula is C21H22F3N5O5S. The Morgan fingerprint density at radius 1 is 1.14 bits per heavy atom. The first-order chi connectivity index (χ1) is 16.7. The average molecular weight is 513 g/mol. The topological polar surface area (TPSA) is 129 Å². The molecule has 1 saturated heterocycles. The minimum atomic E-state index is -2.80. The van der Waals surface area contributed by atoms with E-state index in [0.717, 1.165) is 17.4 Å². The molecule has 1 atom stereocenters. The molecule has 3 rings (SSSR count). The van der Waals surface area contributed by atoms with Crippen LogP contribution < -0.4 is 26.2 Å². The number of hydrogen-bond donors (Lipinski definition) is 4. The third-order valence-electron chi connectivity index (χ3n) is 4.74. The van der Waals surface area contributed by atoms with Crippen molar-refractivity contribution in [3.8, 4) is 0 Å². The molecule has 35 heavy (non-hydrogen) atoms. The lowest BCUT2D eigenvalue weighted by atomic mass is 10.2. The second kappa shape index (κ2) is 12.2. The molecule has 0 aliphatic carbocycles. The number of morpholine rings is 1. The standard InChI is InChI=1S/C21H22F3N5O5S/c22-13-8-12(3-4-15(13)29-5-6-34-11-18(29)30)27-19(31)14(28-21(33)26-10-17(23)24)9-25-20(32)16-2-1-7-35-16/h1-4,7-8,14,17H,5-6,9-11H2,(H,25,32)(H,27,31)(H2,26,28,33)/t14-/m0/s1. The Bertz CT molecular complexity index is 1070. The number of ether oxygens (including phenoxy) is 1. The van der Waals surface area contributed by atoms with E-state index in [1.807, 2.05) is 5.32 Å². The number of benzene rings is 1. The predicted molar refractivity (Wildman–Crippen MR) is 121 cm³/mol. The van der Waals surface area contributed by atoms with Gasteiger partial charge >= 0.3 is 6.03 Å². The molecule has 2 heterocycles. The van der Waals surface area contributed by atoms with Crippen LogP contribution in [0.15, 0.2) is 35.7 Å². The fourth-order valence-electron chi connectivity index (χ4n) is 3.08. The smallest absolute Gasteiger partial charge is 0.315 e. The third-order valence-corrected chi connectivity index (χ3v) is 5.61. The highest BCUT2D eigenvalue weighted by Crippen LogP contribution is 2.24. The van der Waals surface area contributed by atoms with Gasteiger partial charge in [0.1, 0.15) is 18.5 Å². The Balaban J connectivity index is 1.68. The minimum Gasteiger partial charge on any atom is -0.370 e. The number of carbonyl (C=O) groups is 4. The van der Waals surface area contributed by atoms with E-state index >= 15 is 0 Å². The summed E-state index contributed by atoms with van der Waals surface area (Å²) in [4.78, 5) is 50.5. The number of thiophene rings is 1. The Kier molecular flexibility index (Phi) is 9.03.